The molecule has 1 aromatic carbocycles. The molecule has 1 aromatic rings. The van der Waals surface area contributed by atoms with Gasteiger partial charge in [-0.3, -0.25) is 0 Å². The number of ether oxygens (including phenoxy) is 1. The molecule has 0 heterocycles. The van der Waals surface area contributed by atoms with E-state index in [1.165, 1.54) is 22.3 Å². The maximum absolute atomic E-state index is 5.97. The van der Waals surface area contributed by atoms with Gasteiger partial charge in [-0.1, -0.05) is 31.5 Å². The van der Waals surface area contributed by atoms with Crippen LogP contribution in [0.15, 0.2) is 12.1 Å². The first-order chi connectivity index (χ1) is 9.40. The second kappa shape index (κ2) is 7.80. The number of likely N-dealkylation sites (N-methyl/N-ethyl adjacent to an activating group) is 1. The van der Waals surface area contributed by atoms with Crippen LogP contribution in [-0.4, -0.2) is 25.8 Å². The maximum atomic E-state index is 5.97. The fraction of sp³-hybridized carbons (Fsp3) is 0.667. The van der Waals surface area contributed by atoms with Crippen LogP contribution >= 0.6 is 0 Å². The Kier molecular flexibility index (Phi) is 6.70. The van der Waals surface area contributed by atoms with Gasteiger partial charge in [-0.05, 0) is 63.8 Å². The third-order valence-corrected chi connectivity index (χ3v) is 4.05. The first-order valence-electron chi connectivity index (χ1n) is 7.76. The van der Waals surface area contributed by atoms with Crippen LogP contribution in [0.25, 0.3) is 0 Å². The van der Waals surface area contributed by atoms with Gasteiger partial charge in [0.15, 0.2) is 0 Å². The molecule has 0 aromatic heterocycles. The van der Waals surface area contributed by atoms with E-state index < -0.39 is 0 Å². The Morgan fingerprint density at radius 2 is 1.65 bits per heavy atom. The van der Waals surface area contributed by atoms with E-state index in [-0.39, 0.29) is 6.10 Å². The number of hydrogen-bond donors (Lipinski definition) is 1. The molecule has 114 valence electrons. The molecule has 0 aliphatic rings. The Labute approximate surface area is 124 Å². The molecule has 0 spiro atoms. The third kappa shape index (κ3) is 4.32. The highest BCUT2D eigenvalue weighted by atomic mass is 16.5. The quantitative estimate of drug-likeness (QED) is 0.818. The lowest BCUT2D eigenvalue weighted by Gasteiger charge is -2.31. The van der Waals surface area contributed by atoms with E-state index in [9.17, 15) is 0 Å². The van der Waals surface area contributed by atoms with Gasteiger partial charge >= 0.3 is 0 Å². The SMILES string of the molecule is CCOC(C(C)C)C(Cc1c(C)cc(C)cc1C)NC. The summed E-state index contributed by atoms with van der Waals surface area (Å²) in [6, 6.07) is 4.91. The summed E-state index contributed by atoms with van der Waals surface area (Å²) in [7, 11) is 2.04. The highest BCUT2D eigenvalue weighted by molar-refractivity contribution is 5.38. The molecule has 2 atom stereocenters. The molecule has 2 unspecified atom stereocenters. The van der Waals surface area contributed by atoms with Gasteiger partial charge in [0.05, 0.1) is 6.10 Å². The lowest BCUT2D eigenvalue weighted by Crippen LogP contribution is -2.44. The normalized spacial score (nSPS) is 14.6. The summed E-state index contributed by atoms with van der Waals surface area (Å²) in [6.07, 6.45) is 1.28. The van der Waals surface area contributed by atoms with Crippen LogP contribution in [-0.2, 0) is 11.2 Å². The molecule has 20 heavy (non-hydrogen) atoms. The highest BCUT2D eigenvalue weighted by Crippen LogP contribution is 2.21. The van der Waals surface area contributed by atoms with Crippen LogP contribution in [0.3, 0.4) is 0 Å². The monoisotopic (exact) mass is 277 g/mol. The summed E-state index contributed by atoms with van der Waals surface area (Å²) in [5, 5.41) is 3.46. The van der Waals surface area contributed by atoms with Crippen molar-refractivity contribution in [1.29, 1.82) is 0 Å². The fourth-order valence-corrected chi connectivity index (χ4v) is 3.10. The number of aryl methyl sites for hydroxylation is 3. The lowest BCUT2D eigenvalue weighted by molar-refractivity contribution is 0.00530. The topological polar surface area (TPSA) is 21.3 Å². The van der Waals surface area contributed by atoms with Crippen molar-refractivity contribution in [2.75, 3.05) is 13.7 Å². The third-order valence-electron chi connectivity index (χ3n) is 4.05. The maximum Gasteiger partial charge on any atom is 0.0753 e. The molecular formula is C18H31NO. The van der Waals surface area contributed by atoms with Crippen molar-refractivity contribution in [3.05, 3.63) is 34.4 Å². The molecule has 0 bridgehead atoms. The van der Waals surface area contributed by atoms with Gasteiger partial charge in [0.25, 0.3) is 0 Å². The lowest BCUT2D eigenvalue weighted by atomic mass is 9.89. The molecule has 0 aliphatic carbocycles. The highest BCUT2D eigenvalue weighted by Gasteiger charge is 2.25. The van der Waals surface area contributed by atoms with Gasteiger partial charge in [0.2, 0.25) is 0 Å². The molecule has 2 heteroatoms. The van der Waals surface area contributed by atoms with Crippen LogP contribution in [0.1, 0.15) is 43.0 Å². The van der Waals surface area contributed by atoms with E-state index in [1.807, 2.05) is 7.05 Å². The van der Waals surface area contributed by atoms with Gasteiger partial charge in [0, 0.05) is 12.6 Å². The molecular weight excluding hydrogens is 246 g/mol. The van der Waals surface area contributed by atoms with Gasteiger partial charge < -0.3 is 10.1 Å². The summed E-state index contributed by atoms with van der Waals surface area (Å²) in [6.45, 7) is 13.9. The predicted octanol–water partition coefficient (Wildman–Crippen LogP) is 3.80. The van der Waals surface area contributed by atoms with Gasteiger partial charge in [-0.2, -0.15) is 0 Å². The van der Waals surface area contributed by atoms with Crippen LogP contribution < -0.4 is 5.32 Å². The van der Waals surface area contributed by atoms with E-state index >= 15 is 0 Å². The molecule has 0 aliphatic heterocycles. The minimum absolute atomic E-state index is 0.255. The van der Waals surface area contributed by atoms with Crippen molar-refractivity contribution in [2.24, 2.45) is 5.92 Å². The van der Waals surface area contributed by atoms with Crippen molar-refractivity contribution in [1.82, 2.24) is 5.32 Å². The van der Waals surface area contributed by atoms with Crippen LogP contribution in [0, 0.1) is 26.7 Å². The number of hydrogen-bond acceptors (Lipinski definition) is 2. The van der Waals surface area contributed by atoms with Crippen LogP contribution in [0.2, 0.25) is 0 Å². The summed E-state index contributed by atoms with van der Waals surface area (Å²) in [4.78, 5) is 0. The molecule has 2 nitrogen and oxygen atoms in total. The summed E-state index contributed by atoms with van der Waals surface area (Å²) < 4.78 is 5.97. The minimum atomic E-state index is 0.255. The molecule has 0 saturated carbocycles. The largest absolute Gasteiger partial charge is 0.377 e. The van der Waals surface area contributed by atoms with Crippen molar-refractivity contribution < 1.29 is 4.74 Å². The van der Waals surface area contributed by atoms with Crippen molar-refractivity contribution >= 4 is 0 Å². The Morgan fingerprint density at radius 1 is 1.10 bits per heavy atom. The number of nitrogens with one attached hydrogen (secondary N) is 1. The molecule has 0 saturated heterocycles. The first kappa shape index (κ1) is 17.2. The van der Waals surface area contributed by atoms with Crippen molar-refractivity contribution in [3.8, 4) is 0 Å². The summed E-state index contributed by atoms with van der Waals surface area (Å²) >= 11 is 0. The molecule has 1 N–H and O–H groups in total. The molecule has 0 amide bonds. The standard InChI is InChI=1S/C18H31NO/c1-8-20-18(12(2)3)17(19-7)11-16-14(5)9-13(4)10-15(16)6/h9-10,12,17-19H,8,11H2,1-7H3. The molecule has 0 radical (unpaired) electrons. The zero-order valence-electron chi connectivity index (χ0n) is 14.2. The summed E-state index contributed by atoms with van der Waals surface area (Å²) in [5.41, 5.74) is 5.58. The van der Waals surface area contributed by atoms with Gasteiger partial charge in [-0.25, -0.2) is 0 Å². The smallest absolute Gasteiger partial charge is 0.0753 e. The zero-order chi connectivity index (χ0) is 15.3. The van der Waals surface area contributed by atoms with E-state index in [0.717, 1.165) is 13.0 Å². The minimum Gasteiger partial charge on any atom is -0.377 e. The molecule has 1 rings (SSSR count). The Bertz CT molecular complexity index is 402. The van der Waals surface area contributed by atoms with Crippen LogP contribution in [0.5, 0.6) is 0 Å². The molecule has 0 fully saturated rings. The number of benzene rings is 1. The fourth-order valence-electron chi connectivity index (χ4n) is 3.10. The first-order valence-corrected chi connectivity index (χ1v) is 7.76. The number of rotatable bonds is 7. The van der Waals surface area contributed by atoms with E-state index in [0.29, 0.717) is 12.0 Å². The van der Waals surface area contributed by atoms with Crippen molar-refractivity contribution in [2.45, 2.75) is 60.1 Å². The summed E-state index contributed by atoms with van der Waals surface area (Å²) in [5.74, 6) is 0.512. The average molecular weight is 277 g/mol. The average Bonchev–Trinajstić information content (AvgIpc) is 2.35. The predicted molar refractivity (Wildman–Crippen MR) is 87.5 cm³/mol. The Balaban J connectivity index is 2.98. The second-order valence-electron chi connectivity index (χ2n) is 6.14. The Morgan fingerprint density at radius 3 is 2.05 bits per heavy atom. The Hall–Kier alpha value is -0.860. The van der Waals surface area contributed by atoms with Crippen LogP contribution in [0.4, 0.5) is 0 Å². The van der Waals surface area contributed by atoms with E-state index in [4.69, 9.17) is 4.74 Å². The van der Waals surface area contributed by atoms with Gasteiger partial charge in [-0.15, -0.1) is 0 Å². The second-order valence-corrected chi connectivity index (χ2v) is 6.14. The van der Waals surface area contributed by atoms with E-state index in [1.54, 1.807) is 0 Å². The van der Waals surface area contributed by atoms with Gasteiger partial charge in [0.1, 0.15) is 0 Å². The van der Waals surface area contributed by atoms with Crippen molar-refractivity contribution in [3.63, 3.8) is 0 Å². The zero-order valence-corrected chi connectivity index (χ0v) is 14.2. The van der Waals surface area contributed by atoms with E-state index in [2.05, 4.69) is 59.0 Å².